The number of carbonyl (C=O) groups excluding carboxylic acids is 1. The van der Waals surface area contributed by atoms with Crippen LogP contribution in [0.5, 0.6) is 5.88 Å². The van der Waals surface area contributed by atoms with Crippen LogP contribution in [0.3, 0.4) is 0 Å². The zero-order valence-electron chi connectivity index (χ0n) is 11.4. The quantitative estimate of drug-likeness (QED) is 0.475. The molecule has 0 bridgehead atoms. The van der Waals surface area contributed by atoms with Gasteiger partial charge in [-0.05, 0) is 18.7 Å². The van der Waals surface area contributed by atoms with Crippen LogP contribution in [0, 0.1) is 10.8 Å². The lowest BCUT2D eigenvalue weighted by atomic mass is 10.2. The molecule has 1 heterocycles. The predicted octanol–water partition coefficient (Wildman–Crippen LogP) is 1.26. The molecule has 9 heteroatoms. The topological polar surface area (TPSA) is 134 Å². The minimum absolute atomic E-state index is 0.0426. The predicted molar refractivity (Wildman–Crippen MR) is 70.5 cm³/mol. The Morgan fingerprint density at radius 2 is 2.05 bits per heavy atom. The molecule has 0 saturated heterocycles. The lowest BCUT2D eigenvalue weighted by Crippen LogP contribution is -2.21. The number of ether oxygens (including phenoxy) is 1. The highest BCUT2D eigenvalue weighted by Crippen LogP contribution is 2.37. The third-order valence-electron chi connectivity index (χ3n) is 2.88. The van der Waals surface area contributed by atoms with Gasteiger partial charge in [-0.2, -0.15) is 0 Å². The van der Waals surface area contributed by atoms with Crippen LogP contribution in [-0.2, 0) is 4.74 Å². The summed E-state index contributed by atoms with van der Waals surface area (Å²) < 4.78 is 5.16. The third kappa shape index (κ3) is 2.17. The Kier molecular flexibility index (Phi) is 3.91. The number of aromatic nitrogens is 1. The summed E-state index contributed by atoms with van der Waals surface area (Å²) in [6, 6.07) is 6.02. The molecule has 2 rings (SSSR count). The van der Waals surface area contributed by atoms with Crippen molar-refractivity contribution in [2.45, 2.75) is 6.92 Å². The van der Waals surface area contributed by atoms with Gasteiger partial charge in [0.25, 0.3) is 0 Å². The molecule has 0 unspecified atom stereocenters. The minimum atomic E-state index is -1.18. The average Bonchev–Trinajstić information content (AvgIpc) is 2.79. The van der Waals surface area contributed by atoms with Crippen molar-refractivity contribution in [2.75, 3.05) is 6.61 Å². The van der Waals surface area contributed by atoms with E-state index in [0.717, 1.165) is 0 Å². The van der Waals surface area contributed by atoms with Gasteiger partial charge in [0.15, 0.2) is 15.9 Å². The van der Waals surface area contributed by atoms with E-state index in [1.54, 1.807) is 12.1 Å². The van der Waals surface area contributed by atoms with Crippen LogP contribution < -0.4 is 10.2 Å². The number of nitrogens with zero attached hydrogens (tertiary/aromatic N) is 5. The van der Waals surface area contributed by atoms with E-state index in [9.17, 15) is 15.0 Å². The summed E-state index contributed by atoms with van der Waals surface area (Å²) in [7, 11) is 0. The summed E-state index contributed by atoms with van der Waals surface area (Å²) in [5.74, 6) is -3.30. The molecule has 0 N–H and O–H groups in total. The van der Waals surface area contributed by atoms with Gasteiger partial charge >= 0.3 is 17.3 Å². The second kappa shape index (κ2) is 5.81. The smallest absolute Gasteiger partial charge is 0.471 e. The van der Waals surface area contributed by atoms with Crippen molar-refractivity contribution in [3.05, 3.63) is 45.9 Å². The van der Waals surface area contributed by atoms with Gasteiger partial charge in [0.05, 0.1) is 16.8 Å². The van der Waals surface area contributed by atoms with Gasteiger partial charge in [-0.1, -0.05) is 19.1 Å². The zero-order chi connectivity index (χ0) is 16.3. The molecular weight excluding hydrogens is 290 g/mol. The first-order valence-electron chi connectivity index (χ1n) is 6.16. The number of benzene rings is 1. The van der Waals surface area contributed by atoms with E-state index in [-0.39, 0.29) is 23.2 Å². The van der Waals surface area contributed by atoms with Crippen molar-refractivity contribution in [1.29, 1.82) is 10.8 Å². The Morgan fingerprint density at radius 1 is 1.36 bits per heavy atom. The molecule has 0 radical (unpaired) electrons. The first kappa shape index (κ1) is 14.8. The third-order valence-corrected chi connectivity index (χ3v) is 2.88. The second-order valence-corrected chi connectivity index (χ2v) is 4.08. The Labute approximate surface area is 123 Å². The summed E-state index contributed by atoms with van der Waals surface area (Å²) in [5.41, 5.74) is -1.20. The van der Waals surface area contributed by atoms with E-state index in [1.165, 1.54) is 19.1 Å². The fourth-order valence-corrected chi connectivity index (χ4v) is 1.97. The number of diazo groups is 2. The van der Waals surface area contributed by atoms with Gasteiger partial charge in [-0.15, -0.1) is 0 Å². The van der Waals surface area contributed by atoms with Crippen LogP contribution in [0.4, 0.5) is 5.69 Å². The van der Waals surface area contributed by atoms with Crippen molar-refractivity contribution in [2.24, 2.45) is 0 Å². The number of hydrogen-bond donors (Lipinski definition) is 0. The second-order valence-electron chi connectivity index (χ2n) is 4.08. The SMILES string of the molecule is CCOC([O-])=C([N+]#N)C(=O)n1c([O-])c([N+]#N)c2ccccc21. The number of carbonyl (C=O) groups is 1. The Bertz CT molecular complexity index is 869. The summed E-state index contributed by atoms with van der Waals surface area (Å²) in [5, 5.41) is 41.8. The number of rotatable bonds is 3. The van der Waals surface area contributed by atoms with Gasteiger partial charge in [0, 0.05) is 0 Å². The maximum atomic E-state index is 12.3. The van der Waals surface area contributed by atoms with Gasteiger partial charge in [-0.25, -0.2) is 0 Å². The Balaban J connectivity index is 2.74. The Hall–Kier alpha value is -3.59. The van der Waals surface area contributed by atoms with Crippen LogP contribution in [0.25, 0.3) is 20.9 Å². The molecule has 1 aromatic carbocycles. The fourth-order valence-electron chi connectivity index (χ4n) is 1.97. The first-order valence-corrected chi connectivity index (χ1v) is 6.16. The minimum Gasteiger partial charge on any atom is -0.854 e. The molecule has 0 aliphatic rings. The summed E-state index contributed by atoms with van der Waals surface area (Å²) in [6.45, 7) is 1.46. The van der Waals surface area contributed by atoms with E-state index in [4.69, 9.17) is 10.8 Å². The molecule has 110 valence electrons. The molecule has 0 atom stereocenters. The number of para-hydroxylation sites is 1. The average molecular weight is 299 g/mol. The fraction of sp³-hybridized carbons (Fsp3) is 0.154. The molecule has 9 nitrogen and oxygen atoms in total. The summed E-state index contributed by atoms with van der Waals surface area (Å²) >= 11 is 0. The molecule has 2 aromatic rings. The van der Waals surface area contributed by atoms with Crippen LogP contribution in [0.2, 0.25) is 0 Å². The molecule has 0 aliphatic carbocycles. The molecule has 22 heavy (non-hydrogen) atoms. The first-order chi connectivity index (χ1) is 10.6. The maximum absolute atomic E-state index is 12.3. The summed E-state index contributed by atoms with van der Waals surface area (Å²) in [4.78, 5) is 17.8. The molecule has 1 aromatic heterocycles. The Morgan fingerprint density at radius 3 is 2.64 bits per heavy atom. The van der Waals surface area contributed by atoms with E-state index >= 15 is 0 Å². The van der Waals surface area contributed by atoms with Gasteiger partial charge in [-0.3, -0.25) is 9.36 Å². The number of fused-ring (bicyclic) bond motifs is 1. The standard InChI is InChI=1S/C13H9N5O4/c1-2-22-13(21)10(17-15)12(20)18-8-6-4-3-5-7(8)9(16-14)11(18)19/h3-6H,2H2,1H3. The van der Waals surface area contributed by atoms with E-state index < -0.39 is 23.4 Å². The maximum Gasteiger partial charge on any atom is 0.471 e. The van der Waals surface area contributed by atoms with Gasteiger partial charge < -0.3 is 14.9 Å². The highest BCUT2D eigenvalue weighted by atomic mass is 16.6. The van der Waals surface area contributed by atoms with E-state index in [1.807, 2.05) is 0 Å². The van der Waals surface area contributed by atoms with Crippen LogP contribution in [0.15, 0.2) is 35.9 Å². The van der Waals surface area contributed by atoms with E-state index in [0.29, 0.717) is 4.57 Å². The van der Waals surface area contributed by atoms with Crippen molar-refractivity contribution in [1.82, 2.24) is 4.57 Å². The lowest BCUT2D eigenvalue weighted by Gasteiger charge is -2.10. The van der Waals surface area contributed by atoms with Crippen molar-refractivity contribution >= 4 is 22.5 Å². The van der Waals surface area contributed by atoms with Crippen molar-refractivity contribution < 1.29 is 19.7 Å². The molecule has 0 aliphatic heterocycles. The molecular formula is C13H9N5O4. The van der Waals surface area contributed by atoms with Crippen molar-refractivity contribution in [3.63, 3.8) is 0 Å². The van der Waals surface area contributed by atoms with E-state index in [2.05, 4.69) is 14.7 Å². The molecule has 0 fully saturated rings. The molecule has 0 saturated carbocycles. The molecule has 0 spiro atoms. The number of allylic oxidation sites excluding steroid dienone is 1. The normalized spacial score (nSPS) is 11.4. The van der Waals surface area contributed by atoms with Crippen LogP contribution in [0.1, 0.15) is 11.7 Å². The highest BCUT2D eigenvalue weighted by Gasteiger charge is 2.32. The summed E-state index contributed by atoms with van der Waals surface area (Å²) in [6.07, 6.45) is 0. The molecule has 0 amide bonds. The largest absolute Gasteiger partial charge is 0.854 e. The van der Waals surface area contributed by atoms with Crippen LogP contribution in [-0.4, -0.2) is 17.1 Å². The zero-order valence-corrected chi connectivity index (χ0v) is 11.4. The van der Waals surface area contributed by atoms with Gasteiger partial charge in [0.2, 0.25) is 10.8 Å². The highest BCUT2D eigenvalue weighted by molar-refractivity contribution is 6.09. The monoisotopic (exact) mass is 299 g/mol. The van der Waals surface area contributed by atoms with Crippen LogP contribution >= 0.6 is 0 Å². The van der Waals surface area contributed by atoms with Crippen molar-refractivity contribution in [3.8, 4) is 5.88 Å². The number of hydrogen-bond acceptors (Lipinski definition) is 6. The van der Waals surface area contributed by atoms with Gasteiger partial charge in [0.1, 0.15) is 0 Å². The lowest BCUT2D eigenvalue weighted by molar-refractivity contribution is -0.357.